The van der Waals surface area contributed by atoms with E-state index in [1.807, 2.05) is 0 Å². The Balaban J connectivity index is 4.42. The first-order chi connectivity index (χ1) is 5.91. The summed E-state index contributed by atoms with van der Waals surface area (Å²) in [5.74, 6) is -4.88. The van der Waals surface area contributed by atoms with E-state index in [0.29, 0.717) is 0 Å². The maximum Gasteiger partial charge on any atom is 0.375 e. The summed E-state index contributed by atoms with van der Waals surface area (Å²) in [4.78, 5) is 30.9. The van der Waals surface area contributed by atoms with Crippen molar-refractivity contribution in [3.8, 4) is 0 Å². The smallest absolute Gasteiger partial charge is 0.375 e. The molecule has 0 aromatic carbocycles. The van der Waals surface area contributed by atoms with Gasteiger partial charge in [-0.05, 0) is 0 Å². The predicted molar refractivity (Wildman–Crippen MR) is 36.7 cm³/mol. The molecule has 0 amide bonds. The lowest BCUT2D eigenvalue weighted by molar-refractivity contribution is -0.158. The standard InChI is InChI=1S/C6H8O7/c7-1-2(8)3(9)4(10)5(11)6(12)13/h3-4,7,9-10H,1H2,(H,12,13)/t3-,4+/m1/s1. The van der Waals surface area contributed by atoms with Gasteiger partial charge in [0.1, 0.15) is 12.7 Å². The molecule has 7 nitrogen and oxygen atoms in total. The number of hydrogen-bond acceptors (Lipinski definition) is 6. The van der Waals surface area contributed by atoms with Crippen LogP contribution in [0.4, 0.5) is 0 Å². The van der Waals surface area contributed by atoms with Crippen molar-refractivity contribution in [3.63, 3.8) is 0 Å². The Morgan fingerprint density at radius 3 is 1.85 bits per heavy atom. The number of carbonyl (C=O) groups is 3. The molecule has 0 bridgehead atoms. The first-order valence-corrected chi connectivity index (χ1v) is 3.18. The van der Waals surface area contributed by atoms with Crippen molar-refractivity contribution >= 4 is 17.5 Å². The molecule has 0 aromatic rings. The van der Waals surface area contributed by atoms with E-state index < -0.39 is 36.4 Å². The van der Waals surface area contributed by atoms with Gasteiger partial charge in [-0.2, -0.15) is 0 Å². The fourth-order valence-corrected chi connectivity index (χ4v) is 0.540. The van der Waals surface area contributed by atoms with Crippen LogP contribution in [0, 0.1) is 0 Å². The third kappa shape index (κ3) is 2.90. The van der Waals surface area contributed by atoms with Crippen LogP contribution in [-0.2, 0) is 14.4 Å². The van der Waals surface area contributed by atoms with Crippen LogP contribution >= 0.6 is 0 Å². The summed E-state index contributed by atoms with van der Waals surface area (Å²) in [6.07, 6.45) is -4.54. The zero-order valence-electron chi connectivity index (χ0n) is 6.38. The SMILES string of the molecule is O=C(O)C(=O)[C@@H](O)[C@H](O)C(=O)CO. The van der Waals surface area contributed by atoms with Crippen LogP contribution in [-0.4, -0.2) is 56.8 Å². The van der Waals surface area contributed by atoms with Crippen molar-refractivity contribution in [3.05, 3.63) is 0 Å². The molecule has 2 atom stereocenters. The molecular weight excluding hydrogens is 184 g/mol. The van der Waals surface area contributed by atoms with Gasteiger partial charge in [0.2, 0.25) is 0 Å². The van der Waals surface area contributed by atoms with Gasteiger partial charge in [0, 0.05) is 0 Å². The Hall–Kier alpha value is -1.31. The van der Waals surface area contributed by atoms with Crippen molar-refractivity contribution in [1.29, 1.82) is 0 Å². The van der Waals surface area contributed by atoms with Gasteiger partial charge < -0.3 is 20.4 Å². The lowest BCUT2D eigenvalue weighted by Gasteiger charge is -2.11. The number of rotatable bonds is 5. The van der Waals surface area contributed by atoms with Crippen molar-refractivity contribution in [2.75, 3.05) is 6.61 Å². The Morgan fingerprint density at radius 2 is 1.54 bits per heavy atom. The van der Waals surface area contributed by atoms with E-state index in [4.69, 9.17) is 20.4 Å². The van der Waals surface area contributed by atoms with Gasteiger partial charge in [0.05, 0.1) is 0 Å². The molecule has 0 spiro atoms. The van der Waals surface area contributed by atoms with Crippen LogP contribution in [0.3, 0.4) is 0 Å². The molecule has 0 saturated heterocycles. The van der Waals surface area contributed by atoms with Crippen LogP contribution in [0.2, 0.25) is 0 Å². The number of carbonyl (C=O) groups excluding carboxylic acids is 2. The van der Waals surface area contributed by atoms with Gasteiger partial charge in [-0.1, -0.05) is 0 Å². The summed E-state index contributed by atoms with van der Waals surface area (Å²) in [7, 11) is 0. The summed E-state index contributed by atoms with van der Waals surface area (Å²) in [6, 6.07) is 0. The van der Waals surface area contributed by atoms with Crippen LogP contribution in [0.5, 0.6) is 0 Å². The summed E-state index contributed by atoms with van der Waals surface area (Å²) in [6.45, 7) is -1.08. The minimum absolute atomic E-state index is 1.08. The number of ketones is 2. The molecule has 0 rings (SSSR count). The lowest BCUT2D eigenvalue weighted by Crippen LogP contribution is -2.43. The molecule has 0 saturated carbocycles. The molecule has 7 heteroatoms. The second-order valence-corrected chi connectivity index (χ2v) is 2.18. The molecule has 0 aliphatic carbocycles. The zero-order valence-corrected chi connectivity index (χ0v) is 6.38. The Labute approximate surface area is 72.2 Å². The van der Waals surface area contributed by atoms with Crippen LogP contribution < -0.4 is 0 Å². The monoisotopic (exact) mass is 192 g/mol. The van der Waals surface area contributed by atoms with Gasteiger partial charge in [-0.15, -0.1) is 0 Å². The second-order valence-electron chi connectivity index (χ2n) is 2.18. The number of aliphatic hydroxyl groups excluding tert-OH is 3. The Morgan fingerprint density at radius 1 is 1.08 bits per heavy atom. The number of aliphatic hydroxyl groups is 3. The topological polar surface area (TPSA) is 132 Å². The molecule has 4 N–H and O–H groups in total. The molecule has 0 aliphatic rings. The molecule has 74 valence electrons. The highest BCUT2D eigenvalue weighted by molar-refractivity contribution is 6.35. The fourth-order valence-electron chi connectivity index (χ4n) is 0.540. The van der Waals surface area contributed by atoms with E-state index in [1.54, 1.807) is 0 Å². The van der Waals surface area contributed by atoms with Crippen LogP contribution in [0.15, 0.2) is 0 Å². The third-order valence-electron chi connectivity index (χ3n) is 1.26. The number of hydrogen-bond donors (Lipinski definition) is 4. The molecule has 0 aromatic heterocycles. The average molecular weight is 192 g/mol. The van der Waals surface area contributed by atoms with Gasteiger partial charge in [-0.3, -0.25) is 9.59 Å². The maximum atomic E-state index is 10.5. The highest BCUT2D eigenvalue weighted by Crippen LogP contribution is 1.97. The van der Waals surface area contributed by atoms with Gasteiger partial charge in [0.25, 0.3) is 5.78 Å². The van der Waals surface area contributed by atoms with E-state index in [0.717, 1.165) is 0 Å². The van der Waals surface area contributed by atoms with E-state index in [2.05, 4.69) is 0 Å². The molecular formula is C6H8O7. The highest BCUT2D eigenvalue weighted by Gasteiger charge is 2.33. The largest absolute Gasteiger partial charge is 0.475 e. The quantitative estimate of drug-likeness (QED) is 0.339. The first-order valence-electron chi connectivity index (χ1n) is 3.18. The number of Topliss-reactive ketones (excluding diaryl/α,β-unsaturated/α-hetero) is 2. The molecule has 0 unspecified atom stereocenters. The number of aliphatic carboxylic acids is 1. The lowest BCUT2D eigenvalue weighted by atomic mass is 10.1. The van der Waals surface area contributed by atoms with Crippen molar-refractivity contribution in [2.45, 2.75) is 12.2 Å². The van der Waals surface area contributed by atoms with Gasteiger partial charge in [-0.25, -0.2) is 4.79 Å². The van der Waals surface area contributed by atoms with Gasteiger partial charge in [0.15, 0.2) is 11.9 Å². The molecule has 0 radical (unpaired) electrons. The van der Waals surface area contributed by atoms with E-state index in [1.165, 1.54) is 0 Å². The zero-order chi connectivity index (χ0) is 10.6. The normalized spacial score (nSPS) is 14.7. The number of carboxylic acid groups (broad SMARTS) is 1. The van der Waals surface area contributed by atoms with Crippen molar-refractivity contribution in [1.82, 2.24) is 0 Å². The Kier molecular flexibility index (Phi) is 4.18. The van der Waals surface area contributed by atoms with E-state index >= 15 is 0 Å². The first kappa shape index (κ1) is 11.7. The predicted octanol–water partition coefficient (Wildman–Crippen LogP) is -3.08. The molecule has 13 heavy (non-hydrogen) atoms. The van der Waals surface area contributed by atoms with E-state index in [9.17, 15) is 14.4 Å². The second kappa shape index (κ2) is 4.65. The minimum Gasteiger partial charge on any atom is -0.475 e. The summed E-state index contributed by atoms with van der Waals surface area (Å²) >= 11 is 0. The highest BCUT2D eigenvalue weighted by atomic mass is 16.4. The minimum atomic E-state index is -2.34. The third-order valence-corrected chi connectivity index (χ3v) is 1.26. The summed E-state index contributed by atoms with van der Waals surface area (Å²) in [5, 5.41) is 33.8. The van der Waals surface area contributed by atoms with Crippen LogP contribution in [0.25, 0.3) is 0 Å². The van der Waals surface area contributed by atoms with Crippen LogP contribution in [0.1, 0.15) is 0 Å². The number of carboxylic acids is 1. The summed E-state index contributed by atoms with van der Waals surface area (Å²) in [5.41, 5.74) is 0. The van der Waals surface area contributed by atoms with Gasteiger partial charge >= 0.3 is 5.97 Å². The average Bonchev–Trinajstić information content (AvgIpc) is 2.12. The molecule has 0 fully saturated rings. The summed E-state index contributed by atoms with van der Waals surface area (Å²) < 4.78 is 0. The Bertz CT molecular complexity index is 233. The van der Waals surface area contributed by atoms with Crippen molar-refractivity contribution in [2.24, 2.45) is 0 Å². The molecule has 0 aliphatic heterocycles. The van der Waals surface area contributed by atoms with E-state index in [-0.39, 0.29) is 0 Å². The fraction of sp³-hybridized carbons (Fsp3) is 0.500. The van der Waals surface area contributed by atoms with Crippen molar-refractivity contribution < 1.29 is 34.8 Å². The molecule has 0 heterocycles. The maximum absolute atomic E-state index is 10.5.